The predicted octanol–water partition coefficient (Wildman–Crippen LogP) is 2.62. The molecule has 1 saturated carbocycles. The fraction of sp³-hybridized carbons (Fsp3) is 0.556. The zero-order valence-corrected chi connectivity index (χ0v) is 16.4. The topological polar surface area (TPSA) is 107 Å². The molecule has 9 heteroatoms. The molecule has 1 N–H and O–H groups in total. The highest BCUT2D eigenvalue weighted by Gasteiger charge is 2.29. The normalized spacial score (nSPS) is 16.6. The van der Waals surface area contributed by atoms with Crippen molar-refractivity contribution in [3.63, 3.8) is 0 Å². The Morgan fingerprint density at radius 1 is 1.33 bits per heavy atom. The number of hydrogen-bond donors (Lipinski definition) is 1. The lowest BCUT2D eigenvalue weighted by Gasteiger charge is -2.20. The lowest BCUT2D eigenvalue weighted by atomic mass is 9.98. The molecule has 2 heterocycles. The third kappa shape index (κ3) is 4.52. The first-order chi connectivity index (χ1) is 12.9. The van der Waals surface area contributed by atoms with Gasteiger partial charge in [0.15, 0.2) is 9.84 Å². The highest BCUT2D eigenvalue weighted by atomic mass is 32.2. The lowest BCUT2D eigenvalue weighted by Crippen LogP contribution is -2.28. The molecular formula is C18H25N5O3S. The van der Waals surface area contributed by atoms with Gasteiger partial charge in [-0.2, -0.15) is 5.10 Å². The fourth-order valence-corrected chi connectivity index (χ4v) is 4.37. The molecule has 0 radical (unpaired) electrons. The standard InChI is InChI=1S/C18H25N5O3S/c1-13(2)27(25,26)15-10-21-23(11-15)16(9-14-5-3-4-6-14)18(24)22-17-7-8-19-12-20-17/h7-8,10-14,16H,3-6,9H2,1-2H3,(H,19,20,22,24). The first-order valence-electron chi connectivity index (χ1n) is 9.23. The van der Waals surface area contributed by atoms with Crippen LogP contribution < -0.4 is 5.32 Å². The molecule has 2 aromatic rings. The zero-order valence-electron chi connectivity index (χ0n) is 15.6. The van der Waals surface area contributed by atoms with Gasteiger partial charge in [-0.25, -0.2) is 18.4 Å². The summed E-state index contributed by atoms with van der Waals surface area (Å²) in [5, 5.41) is 6.46. The van der Waals surface area contributed by atoms with Gasteiger partial charge in [-0.05, 0) is 32.3 Å². The summed E-state index contributed by atoms with van der Waals surface area (Å²) >= 11 is 0. The first kappa shape index (κ1) is 19.5. The van der Waals surface area contributed by atoms with Crippen molar-refractivity contribution in [3.8, 4) is 0 Å². The van der Waals surface area contributed by atoms with Crippen molar-refractivity contribution in [3.05, 3.63) is 31.0 Å². The fourth-order valence-electron chi connectivity index (χ4n) is 3.38. The predicted molar refractivity (Wildman–Crippen MR) is 101 cm³/mol. The van der Waals surface area contributed by atoms with E-state index in [-0.39, 0.29) is 10.8 Å². The first-order valence-corrected chi connectivity index (χ1v) is 10.8. The van der Waals surface area contributed by atoms with Crippen molar-refractivity contribution in [1.82, 2.24) is 19.7 Å². The molecule has 1 aliphatic carbocycles. The Morgan fingerprint density at radius 2 is 2.07 bits per heavy atom. The van der Waals surface area contributed by atoms with Gasteiger partial charge < -0.3 is 5.32 Å². The monoisotopic (exact) mass is 391 g/mol. The average molecular weight is 391 g/mol. The van der Waals surface area contributed by atoms with Crippen LogP contribution >= 0.6 is 0 Å². The number of rotatable bonds is 7. The molecule has 0 aromatic carbocycles. The molecule has 27 heavy (non-hydrogen) atoms. The van der Waals surface area contributed by atoms with Crippen molar-refractivity contribution >= 4 is 21.6 Å². The van der Waals surface area contributed by atoms with Crippen LogP contribution in [0.15, 0.2) is 35.9 Å². The Bertz CT molecular complexity index is 873. The van der Waals surface area contributed by atoms with Gasteiger partial charge in [0, 0.05) is 12.4 Å². The second-order valence-corrected chi connectivity index (χ2v) is 9.74. The molecule has 1 atom stereocenters. The van der Waals surface area contributed by atoms with Crippen LogP contribution in [0, 0.1) is 5.92 Å². The third-order valence-corrected chi connectivity index (χ3v) is 7.12. The number of anilines is 1. The molecular weight excluding hydrogens is 366 g/mol. The summed E-state index contributed by atoms with van der Waals surface area (Å²) in [6.45, 7) is 3.26. The number of amides is 1. The minimum atomic E-state index is -3.44. The molecule has 0 saturated heterocycles. The summed E-state index contributed by atoms with van der Waals surface area (Å²) in [4.78, 5) is 20.9. The van der Waals surface area contributed by atoms with Crippen LogP contribution in [0.25, 0.3) is 0 Å². The maximum atomic E-state index is 12.9. The Morgan fingerprint density at radius 3 is 2.70 bits per heavy atom. The van der Waals surface area contributed by atoms with E-state index >= 15 is 0 Å². The van der Waals surface area contributed by atoms with Crippen LogP contribution in [0.3, 0.4) is 0 Å². The second kappa shape index (κ2) is 8.16. The lowest BCUT2D eigenvalue weighted by molar-refractivity contribution is -0.120. The Kier molecular flexibility index (Phi) is 5.88. The van der Waals surface area contributed by atoms with E-state index < -0.39 is 21.1 Å². The number of nitrogens with one attached hydrogen (secondary N) is 1. The van der Waals surface area contributed by atoms with Crippen molar-refractivity contribution in [2.24, 2.45) is 5.92 Å². The van der Waals surface area contributed by atoms with E-state index in [4.69, 9.17) is 0 Å². The minimum absolute atomic E-state index is 0.142. The molecule has 1 fully saturated rings. The van der Waals surface area contributed by atoms with E-state index in [9.17, 15) is 13.2 Å². The highest BCUT2D eigenvalue weighted by Crippen LogP contribution is 2.32. The van der Waals surface area contributed by atoms with Gasteiger partial charge in [-0.1, -0.05) is 25.7 Å². The molecule has 146 valence electrons. The second-order valence-electron chi connectivity index (χ2n) is 7.24. The SMILES string of the molecule is CC(C)S(=O)(=O)c1cnn(C(CC2CCCC2)C(=O)Nc2ccncn2)c1. The van der Waals surface area contributed by atoms with Gasteiger partial charge in [-0.3, -0.25) is 9.48 Å². The molecule has 0 bridgehead atoms. The van der Waals surface area contributed by atoms with Crippen LogP contribution in [0.1, 0.15) is 52.0 Å². The summed E-state index contributed by atoms with van der Waals surface area (Å²) in [7, 11) is -3.44. The summed E-state index contributed by atoms with van der Waals surface area (Å²) < 4.78 is 26.3. The molecule has 1 amide bonds. The van der Waals surface area contributed by atoms with Crippen molar-refractivity contribution in [1.29, 1.82) is 0 Å². The van der Waals surface area contributed by atoms with Crippen molar-refractivity contribution in [2.75, 3.05) is 5.32 Å². The summed E-state index contributed by atoms with van der Waals surface area (Å²) in [5.74, 6) is 0.589. The van der Waals surface area contributed by atoms with Crippen LogP contribution in [0.4, 0.5) is 5.82 Å². The van der Waals surface area contributed by atoms with E-state index in [2.05, 4.69) is 20.4 Å². The van der Waals surface area contributed by atoms with Gasteiger partial charge in [0.2, 0.25) is 5.91 Å². The van der Waals surface area contributed by atoms with E-state index in [0.717, 1.165) is 25.7 Å². The van der Waals surface area contributed by atoms with Gasteiger partial charge >= 0.3 is 0 Å². The van der Waals surface area contributed by atoms with Crippen LogP contribution in [-0.4, -0.2) is 39.3 Å². The molecule has 2 aromatic heterocycles. The average Bonchev–Trinajstić information content (AvgIpc) is 3.32. The molecule has 1 aliphatic rings. The third-order valence-electron chi connectivity index (χ3n) is 5.01. The van der Waals surface area contributed by atoms with E-state index in [1.165, 1.54) is 23.4 Å². The molecule has 1 unspecified atom stereocenters. The highest BCUT2D eigenvalue weighted by molar-refractivity contribution is 7.92. The molecule has 0 aliphatic heterocycles. The van der Waals surface area contributed by atoms with Gasteiger partial charge in [0.1, 0.15) is 23.1 Å². The summed E-state index contributed by atoms with van der Waals surface area (Å²) in [5.41, 5.74) is 0. The molecule has 8 nitrogen and oxygen atoms in total. The number of carbonyl (C=O) groups excluding carboxylic acids is 1. The van der Waals surface area contributed by atoms with Gasteiger partial charge in [0.05, 0.1) is 11.4 Å². The van der Waals surface area contributed by atoms with Gasteiger partial charge in [-0.15, -0.1) is 0 Å². The quantitative estimate of drug-likeness (QED) is 0.777. The Balaban J connectivity index is 1.85. The van der Waals surface area contributed by atoms with Gasteiger partial charge in [0.25, 0.3) is 0 Å². The van der Waals surface area contributed by atoms with Crippen LogP contribution in [-0.2, 0) is 14.6 Å². The maximum absolute atomic E-state index is 12.9. The van der Waals surface area contributed by atoms with E-state index in [1.807, 2.05) is 0 Å². The van der Waals surface area contributed by atoms with E-state index in [0.29, 0.717) is 18.2 Å². The van der Waals surface area contributed by atoms with E-state index in [1.54, 1.807) is 26.1 Å². The van der Waals surface area contributed by atoms with Crippen molar-refractivity contribution in [2.45, 2.75) is 62.1 Å². The van der Waals surface area contributed by atoms with Crippen molar-refractivity contribution < 1.29 is 13.2 Å². The van der Waals surface area contributed by atoms with Crippen LogP contribution in [0.2, 0.25) is 0 Å². The molecule has 0 spiro atoms. The van der Waals surface area contributed by atoms with Crippen LogP contribution in [0.5, 0.6) is 0 Å². The number of carbonyl (C=O) groups is 1. The minimum Gasteiger partial charge on any atom is -0.309 e. The molecule has 3 rings (SSSR count). The number of aromatic nitrogens is 4. The summed E-state index contributed by atoms with van der Waals surface area (Å²) in [6.07, 6.45) is 10.8. The largest absolute Gasteiger partial charge is 0.309 e. The zero-order chi connectivity index (χ0) is 19.4. The maximum Gasteiger partial charge on any atom is 0.250 e. The summed E-state index contributed by atoms with van der Waals surface area (Å²) in [6, 6.07) is 1.03. The number of nitrogens with zero attached hydrogens (tertiary/aromatic N) is 4. The Labute approximate surface area is 159 Å². The Hall–Kier alpha value is -2.29. The number of hydrogen-bond acceptors (Lipinski definition) is 6. The smallest absolute Gasteiger partial charge is 0.250 e. The number of sulfone groups is 1.